The van der Waals surface area contributed by atoms with Crippen LogP contribution in [0, 0.1) is 11.8 Å². The summed E-state index contributed by atoms with van der Waals surface area (Å²) in [6.07, 6.45) is 3.60. The Morgan fingerprint density at radius 3 is 2.95 bits per heavy atom. The molecule has 1 aromatic carbocycles. The van der Waals surface area contributed by atoms with E-state index in [9.17, 15) is 9.90 Å². The van der Waals surface area contributed by atoms with E-state index in [-0.39, 0.29) is 11.8 Å². The molecule has 19 heavy (non-hydrogen) atoms. The van der Waals surface area contributed by atoms with E-state index >= 15 is 0 Å². The Labute approximate surface area is 112 Å². The third kappa shape index (κ3) is 2.11. The van der Waals surface area contributed by atoms with Crippen molar-refractivity contribution in [2.75, 3.05) is 0 Å². The average molecular weight is 258 g/mol. The molecular weight excluding hydrogens is 240 g/mol. The van der Waals surface area contributed by atoms with E-state index < -0.39 is 5.97 Å². The molecule has 100 valence electrons. The van der Waals surface area contributed by atoms with Crippen molar-refractivity contribution in [2.45, 2.75) is 25.7 Å². The minimum absolute atomic E-state index is 0.195. The maximum Gasteiger partial charge on any atom is 0.306 e. The van der Waals surface area contributed by atoms with Gasteiger partial charge >= 0.3 is 5.97 Å². The smallest absolute Gasteiger partial charge is 0.306 e. The second-order valence-corrected chi connectivity index (χ2v) is 5.42. The van der Waals surface area contributed by atoms with Gasteiger partial charge in [0.05, 0.1) is 17.0 Å². The number of imidazole rings is 1. The first-order valence-electron chi connectivity index (χ1n) is 6.80. The predicted octanol–water partition coefficient (Wildman–Crippen LogP) is 2.62. The number of aromatic nitrogens is 2. The molecule has 1 fully saturated rings. The van der Waals surface area contributed by atoms with Gasteiger partial charge in [0.2, 0.25) is 0 Å². The summed E-state index contributed by atoms with van der Waals surface area (Å²) in [5, 5.41) is 9.24. The fourth-order valence-corrected chi connectivity index (χ4v) is 3.22. The number of benzene rings is 1. The summed E-state index contributed by atoms with van der Waals surface area (Å²) in [6, 6.07) is 8.04. The minimum Gasteiger partial charge on any atom is -0.481 e. The molecule has 4 nitrogen and oxygen atoms in total. The van der Waals surface area contributed by atoms with E-state index in [0.29, 0.717) is 0 Å². The molecule has 3 rings (SSSR count). The summed E-state index contributed by atoms with van der Waals surface area (Å²) in [7, 11) is 2.01. The molecule has 4 heteroatoms. The van der Waals surface area contributed by atoms with Gasteiger partial charge in [0, 0.05) is 13.5 Å². The van der Waals surface area contributed by atoms with Gasteiger partial charge in [-0.2, -0.15) is 0 Å². The number of rotatable bonds is 3. The number of para-hydroxylation sites is 2. The van der Waals surface area contributed by atoms with Crippen molar-refractivity contribution in [2.24, 2.45) is 18.9 Å². The Balaban J connectivity index is 1.89. The zero-order chi connectivity index (χ0) is 13.4. The summed E-state index contributed by atoms with van der Waals surface area (Å²) >= 11 is 0. The van der Waals surface area contributed by atoms with Gasteiger partial charge in [-0.05, 0) is 30.9 Å². The van der Waals surface area contributed by atoms with Crippen molar-refractivity contribution < 1.29 is 9.90 Å². The number of aliphatic carboxylic acids is 1. The quantitative estimate of drug-likeness (QED) is 0.920. The summed E-state index contributed by atoms with van der Waals surface area (Å²) < 4.78 is 2.09. The molecule has 0 radical (unpaired) electrons. The van der Waals surface area contributed by atoms with E-state index in [1.807, 2.05) is 25.2 Å². The molecule has 1 saturated carbocycles. The van der Waals surface area contributed by atoms with Crippen molar-refractivity contribution in [3.8, 4) is 0 Å². The molecule has 2 aromatic rings. The SMILES string of the molecule is Cn1c(CC2CCCC2C(=O)O)nc2ccccc21. The largest absolute Gasteiger partial charge is 0.481 e. The molecule has 1 aliphatic carbocycles. The second-order valence-electron chi connectivity index (χ2n) is 5.42. The number of aryl methyl sites for hydroxylation is 1. The second kappa shape index (κ2) is 4.68. The van der Waals surface area contributed by atoms with E-state index in [0.717, 1.165) is 42.5 Å². The Kier molecular flexibility index (Phi) is 3.01. The maximum atomic E-state index is 11.2. The van der Waals surface area contributed by atoms with Crippen LogP contribution in [0.5, 0.6) is 0 Å². The molecule has 2 atom stereocenters. The van der Waals surface area contributed by atoms with Gasteiger partial charge in [0.1, 0.15) is 5.82 Å². The van der Waals surface area contributed by atoms with Gasteiger partial charge in [0.15, 0.2) is 0 Å². The number of nitrogens with zero attached hydrogens (tertiary/aromatic N) is 2. The highest BCUT2D eigenvalue weighted by atomic mass is 16.4. The van der Waals surface area contributed by atoms with Gasteiger partial charge in [-0.25, -0.2) is 4.98 Å². The van der Waals surface area contributed by atoms with Gasteiger partial charge in [0.25, 0.3) is 0 Å². The Hall–Kier alpha value is -1.84. The van der Waals surface area contributed by atoms with Crippen LogP contribution >= 0.6 is 0 Å². The van der Waals surface area contributed by atoms with Crippen LogP contribution in [0.4, 0.5) is 0 Å². The first-order chi connectivity index (χ1) is 9.16. The number of hydrogen-bond acceptors (Lipinski definition) is 2. The standard InChI is InChI=1S/C15H18N2O2/c1-17-13-8-3-2-7-12(13)16-14(17)9-10-5-4-6-11(10)15(18)19/h2-3,7-8,10-11H,4-6,9H2,1H3,(H,18,19). The average Bonchev–Trinajstić information content (AvgIpc) is 2.97. The highest BCUT2D eigenvalue weighted by Crippen LogP contribution is 2.34. The molecule has 1 aliphatic rings. The lowest BCUT2D eigenvalue weighted by Crippen LogP contribution is -2.21. The van der Waals surface area contributed by atoms with E-state index in [1.165, 1.54) is 0 Å². The van der Waals surface area contributed by atoms with Crippen LogP contribution in [0.1, 0.15) is 25.1 Å². The van der Waals surface area contributed by atoms with Crippen molar-refractivity contribution in [1.82, 2.24) is 9.55 Å². The van der Waals surface area contributed by atoms with Crippen molar-refractivity contribution in [3.05, 3.63) is 30.1 Å². The van der Waals surface area contributed by atoms with Crippen molar-refractivity contribution >= 4 is 17.0 Å². The van der Waals surface area contributed by atoms with E-state index in [2.05, 4.69) is 15.6 Å². The van der Waals surface area contributed by atoms with Crippen LogP contribution in [-0.4, -0.2) is 20.6 Å². The Morgan fingerprint density at radius 2 is 2.21 bits per heavy atom. The number of carboxylic acids is 1. The normalized spacial score (nSPS) is 23.0. The topological polar surface area (TPSA) is 55.1 Å². The fourth-order valence-electron chi connectivity index (χ4n) is 3.22. The van der Waals surface area contributed by atoms with Crippen LogP contribution in [-0.2, 0) is 18.3 Å². The van der Waals surface area contributed by atoms with Crippen LogP contribution in [0.2, 0.25) is 0 Å². The molecule has 1 aromatic heterocycles. The summed E-state index contributed by atoms with van der Waals surface area (Å²) in [6.45, 7) is 0. The van der Waals surface area contributed by atoms with Crippen LogP contribution in [0.15, 0.2) is 24.3 Å². The van der Waals surface area contributed by atoms with Gasteiger partial charge in [-0.15, -0.1) is 0 Å². The fraction of sp³-hybridized carbons (Fsp3) is 0.467. The Bertz CT molecular complexity index is 618. The first kappa shape index (κ1) is 12.2. The highest BCUT2D eigenvalue weighted by Gasteiger charge is 2.33. The molecule has 0 amide bonds. The molecule has 1 N–H and O–H groups in total. The summed E-state index contributed by atoms with van der Waals surface area (Å²) in [5.74, 6) is 0.383. The summed E-state index contributed by atoms with van der Waals surface area (Å²) in [5.41, 5.74) is 2.10. The van der Waals surface area contributed by atoms with Crippen LogP contribution in [0.25, 0.3) is 11.0 Å². The summed E-state index contributed by atoms with van der Waals surface area (Å²) in [4.78, 5) is 15.9. The monoisotopic (exact) mass is 258 g/mol. The molecule has 0 aliphatic heterocycles. The van der Waals surface area contributed by atoms with Crippen molar-refractivity contribution in [1.29, 1.82) is 0 Å². The van der Waals surface area contributed by atoms with Gasteiger partial charge < -0.3 is 9.67 Å². The first-order valence-corrected chi connectivity index (χ1v) is 6.80. The number of carboxylic acid groups (broad SMARTS) is 1. The molecular formula is C15H18N2O2. The van der Waals surface area contributed by atoms with E-state index in [1.54, 1.807) is 0 Å². The van der Waals surface area contributed by atoms with Crippen LogP contribution < -0.4 is 0 Å². The lowest BCUT2D eigenvalue weighted by molar-refractivity contribution is -0.142. The third-order valence-corrected chi connectivity index (χ3v) is 4.30. The van der Waals surface area contributed by atoms with Crippen LogP contribution in [0.3, 0.4) is 0 Å². The van der Waals surface area contributed by atoms with Gasteiger partial charge in [-0.1, -0.05) is 18.6 Å². The van der Waals surface area contributed by atoms with Crippen molar-refractivity contribution in [3.63, 3.8) is 0 Å². The zero-order valence-corrected chi connectivity index (χ0v) is 11.0. The molecule has 2 unspecified atom stereocenters. The molecule has 0 bridgehead atoms. The molecule has 0 spiro atoms. The molecule has 0 saturated heterocycles. The number of carbonyl (C=O) groups is 1. The third-order valence-electron chi connectivity index (χ3n) is 4.30. The maximum absolute atomic E-state index is 11.2. The lowest BCUT2D eigenvalue weighted by Gasteiger charge is -2.15. The number of fused-ring (bicyclic) bond motifs is 1. The number of hydrogen-bond donors (Lipinski definition) is 1. The zero-order valence-electron chi connectivity index (χ0n) is 11.0. The molecule has 1 heterocycles. The Morgan fingerprint density at radius 1 is 1.42 bits per heavy atom. The highest BCUT2D eigenvalue weighted by molar-refractivity contribution is 5.75. The van der Waals surface area contributed by atoms with E-state index in [4.69, 9.17) is 0 Å². The minimum atomic E-state index is -0.652. The van der Waals surface area contributed by atoms with Gasteiger partial charge in [-0.3, -0.25) is 4.79 Å². The lowest BCUT2D eigenvalue weighted by atomic mass is 9.93. The predicted molar refractivity (Wildman–Crippen MR) is 72.9 cm³/mol.